The molecule has 0 saturated carbocycles. The maximum Gasteiger partial charge on any atom is 0.321 e. The van der Waals surface area contributed by atoms with Crippen molar-refractivity contribution >= 4 is 23.3 Å². The molecule has 1 aliphatic rings. The summed E-state index contributed by atoms with van der Waals surface area (Å²) in [4.78, 5) is 16.5. The van der Waals surface area contributed by atoms with Crippen LogP contribution in [-0.2, 0) is 0 Å². The molecule has 1 N–H and O–H groups in total. The second kappa shape index (κ2) is 8.25. The molecule has 1 aromatic carbocycles. The molecule has 0 radical (unpaired) electrons. The van der Waals surface area contributed by atoms with E-state index in [0.717, 1.165) is 32.7 Å². The summed E-state index contributed by atoms with van der Waals surface area (Å²) in [5.41, 5.74) is 0.676. The highest BCUT2D eigenvalue weighted by molar-refractivity contribution is 6.33. The molecule has 0 aromatic heterocycles. The number of para-hydroxylation sites is 1. The minimum absolute atomic E-state index is 0.0590. The molecule has 4 nitrogen and oxygen atoms in total. The Labute approximate surface area is 132 Å². The van der Waals surface area contributed by atoms with Crippen LogP contribution in [-0.4, -0.2) is 48.6 Å². The number of hydrogen-bond donors (Lipinski definition) is 1. The van der Waals surface area contributed by atoms with Crippen molar-refractivity contribution in [1.82, 2.24) is 9.80 Å². The molecule has 5 heteroatoms. The summed E-state index contributed by atoms with van der Waals surface area (Å²) in [5, 5.41) is 3.46. The quantitative estimate of drug-likeness (QED) is 0.842. The molecule has 0 bridgehead atoms. The van der Waals surface area contributed by atoms with Gasteiger partial charge in [-0.15, -0.1) is 0 Å². The predicted molar refractivity (Wildman–Crippen MR) is 88.0 cm³/mol. The van der Waals surface area contributed by atoms with E-state index < -0.39 is 0 Å². The van der Waals surface area contributed by atoms with Crippen LogP contribution in [0, 0.1) is 0 Å². The predicted octanol–water partition coefficient (Wildman–Crippen LogP) is 3.68. The molecule has 1 heterocycles. The van der Waals surface area contributed by atoms with Crippen LogP contribution < -0.4 is 5.32 Å². The van der Waals surface area contributed by atoms with Crippen molar-refractivity contribution in [2.45, 2.75) is 26.2 Å². The first-order valence-electron chi connectivity index (χ1n) is 7.73. The Balaban J connectivity index is 1.77. The van der Waals surface area contributed by atoms with Gasteiger partial charge in [0.25, 0.3) is 0 Å². The highest BCUT2D eigenvalue weighted by Gasteiger charge is 2.21. The van der Waals surface area contributed by atoms with E-state index in [0.29, 0.717) is 10.7 Å². The lowest BCUT2D eigenvalue weighted by molar-refractivity contribution is 0.146. The van der Waals surface area contributed by atoms with E-state index in [4.69, 9.17) is 11.6 Å². The molecule has 1 fully saturated rings. The van der Waals surface area contributed by atoms with Gasteiger partial charge in [0, 0.05) is 26.2 Å². The maximum absolute atomic E-state index is 12.2. The Bertz CT molecular complexity index is 459. The van der Waals surface area contributed by atoms with Crippen LogP contribution in [0.5, 0.6) is 0 Å². The Hall–Kier alpha value is -1.26. The van der Waals surface area contributed by atoms with Gasteiger partial charge in [-0.3, -0.25) is 4.90 Å². The van der Waals surface area contributed by atoms with Gasteiger partial charge in [0.05, 0.1) is 10.7 Å². The minimum atomic E-state index is -0.0590. The molecule has 1 saturated heterocycles. The highest BCUT2D eigenvalue weighted by Crippen LogP contribution is 2.21. The molecule has 0 unspecified atom stereocenters. The van der Waals surface area contributed by atoms with Crippen molar-refractivity contribution in [3.8, 4) is 0 Å². The SMILES string of the molecule is CCCCCN1CCN(C(=O)Nc2ccccc2Cl)CC1. The van der Waals surface area contributed by atoms with Gasteiger partial charge in [-0.05, 0) is 25.1 Å². The fourth-order valence-corrected chi connectivity index (χ4v) is 2.70. The number of urea groups is 1. The zero-order valence-electron chi connectivity index (χ0n) is 12.6. The number of rotatable bonds is 5. The van der Waals surface area contributed by atoms with E-state index in [9.17, 15) is 4.79 Å². The summed E-state index contributed by atoms with van der Waals surface area (Å²) in [7, 11) is 0. The van der Waals surface area contributed by atoms with Gasteiger partial charge >= 0.3 is 6.03 Å². The zero-order valence-corrected chi connectivity index (χ0v) is 13.4. The summed E-state index contributed by atoms with van der Waals surface area (Å²) in [5.74, 6) is 0. The molecule has 0 aliphatic carbocycles. The summed E-state index contributed by atoms with van der Waals surface area (Å²) >= 11 is 6.06. The number of carbonyl (C=O) groups is 1. The Morgan fingerprint density at radius 3 is 2.57 bits per heavy atom. The van der Waals surface area contributed by atoms with E-state index in [1.807, 2.05) is 23.1 Å². The number of anilines is 1. The fraction of sp³-hybridized carbons (Fsp3) is 0.562. The van der Waals surface area contributed by atoms with E-state index in [2.05, 4.69) is 17.1 Å². The Morgan fingerprint density at radius 2 is 1.90 bits per heavy atom. The lowest BCUT2D eigenvalue weighted by Crippen LogP contribution is -2.50. The number of hydrogen-bond acceptors (Lipinski definition) is 2. The van der Waals surface area contributed by atoms with Gasteiger partial charge in [0.1, 0.15) is 0 Å². The first-order chi connectivity index (χ1) is 10.2. The van der Waals surface area contributed by atoms with Crippen molar-refractivity contribution in [1.29, 1.82) is 0 Å². The van der Waals surface area contributed by atoms with Crippen molar-refractivity contribution in [3.63, 3.8) is 0 Å². The van der Waals surface area contributed by atoms with Crippen molar-refractivity contribution in [2.75, 3.05) is 38.0 Å². The van der Waals surface area contributed by atoms with Crippen LogP contribution in [0.1, 0.15) is 26.2 Å². The number of nitrogens with one attached hydrogen (secondary N) is 1. The number of benzene rings is 1. The van der Waals surface area contributed by atoms with E-state index in [1.54, 1.807) is 6.07 Å². The molecule has 0 spiro atoms. The second-order valence-electron chi connectivity index (χ2n) is 5.45. The smallest absolute Gasteiger partial charge is 0.321 e. The van der Waals surface area contributed by atoms with Gasteiger partial charge in [-0.25, -0.2) is 4.79 Å². The van der Waals surface area contributed by atoms with Crippen LogP contribution in [0.25, 0.3) is 0 Å². The number of halogens is 1. The number of unbranched alkanes of at least 4 members (excludes halogenated alkanes) is 2. The van der Waals surface area contributed by atoms with E-state index in [1.165, 1.54) is 19.3 Å². The van der Waals surface area contributed by atoms with Crippen LogP contribution in [0.4, 0.5) is 10.5 Å². The van der Waals surface area contributed by atoms with E-state index in [-0.39, 0.29) is 6.03 Å². The van der Waals surface area contributed by atoms with Gasteiger partial charge in [-0.1, -0.05) is 43.5 Å². The second-order valence-corrected chi connectivity index (χ2v) is 5.85. The third kappa shape index (κ3) is 4.90. The Kier molecular flexibility index (Phi) is 6.33. The van der Waals surface area contributed by atoms with Gasteiger partial charge in [0.2, 0.25) is 0 Å². The van der Waals surface area contributed by atoms with Crippen LogP contribution in [0.2, 0.25) is 5.02 Å². The molecule has 1 aliphatic heterocycles. The molecular formula is C16H24ClN3O. The normalized spacial score (nSPS) is 16.0. The largest absolute Gasteiger partial charge is 0.322 e. The molecule has 2 rings (SSSR count). The molecule has 1 aromatic rings. The first kappa shape index (κ1) is 16.1. The maximum atomic E-state index is 12.2. The topological polar surface area (TPSA) is 35.6 Å². The summed E-state index contributed by atoms with van der Waals surface area (Å²) in [6, 6.07) is 7.26. The summed E-state index contributed by atoms with van der Waals surface area (Å²) < 4.78 is 0. The monoisotopic (exact) mass is 309 g/mol. The molecule has 21 heavy (non-hydrogen) atoms. The number of amides is 2. The highest BCUT2D eigenvalue weighted by atomic mass is 35.5. The van der Waals surface area contributed by atoms with Crippen molar-refractivity contribution in [2.24, 2.45) is 0 Å². The number of carbonyl (C=O) groups excluding carboxylic acids is 1. The van der Waals surface area contributed by atoms with Crippen LogP contribution in [0.3, 0.4) is 0 Å². The van der Waals surface area contributed by atoms with Gasteiger partial charge in [0.15, 0.2) is 0 Å². The Morgan fingerprint density at radius 1 is 1.19 bits per heavy atom. The third-order valence-electron chi connectivity index (χ3n) is 3.85. The van der Waals surface area contributed by atoms with Gasteiger partial charge < -0.3 is 10.2 Å². The number of piperazine rings is 1. The lowest BCUT2D eigenvalue weighted by Gasteiger charge is -2.34. The van der Waals surface area contributed by atoms with Crippen LogP contribution >= 0.6 is 11.6 Å². The van der Waals surface area contributed by atoms with E-state index >= 15 is 0 Å². The number of nitrogens with zero attached hydrogens (tertiary/aromatic N) is 2. The molecule has 2 amide bonds. The summed E-state index contributed by atoms with van der Waals surface area (Å²) in [6.45, 7) is 6.84. The molecule has 116 valence electrons. The fourth-order valence-electron chi connectivity index (χ4n) is 2.52. The third-order valence-corrected chi connectivity index (χ3v) is 4.18. The molecular weight excluding hydrogens is 286 g/mol. The lowest BCUT2D eigenvalue weighted by atomic mass is 10.2. The van der Waals surface area contributed by atoms with Crippen molar-refractivity contribution < 1.29 is 4.79 Å². The first-order valence-corrected chi connectivity index (χ1v) is 8.11. The van der Waals surface area contributed by atoms with Gasteiger partial charge in [-0.2, -0.15) is 0 Å². The average molecular weight is 310 g/mol. The zero-order chi connectivity index (χ0) is 15.1. The van der Waals surface area contributed by atoms with Crippen LogP contribution in [0.15, 0.2) is 24.3 Å². The standard InChI is InChI=1S/C16H24ClN3O/c1-2-3-6-9-19-10-12-20(13-11-19)16(21)18-15-8-5-4-7-14(15)17/h4-5,7-8H,2-3,6,9-13H2,1H3,(H,18,21). The summed E-state index contributed by atoms with van der Waals surface area (Å²) in [6.07, 6.45) is 3.79. The molecule has 0 atom stereocenters. The van der Waals surface area contributed by atoms with Crippen molar-refractivity contribution in [3.05, 3.63) is 29.3 Å². The minimum Gasteiger partial charge on any atom is -0.322 e. The average Bonchev–Trinajstić information content (AvgIpc) is 2.50.